The topological polar surface area (TPSA) is 75.3 Å². The van der Waals surface area contributed by atoms with E-state index in [0.29, 0.717) is 15.6 Å². The van der Waals surface area contributed by atoms with E-state index in [0.717, 1.165) is 0 Å². The first-order valence-corrected chi connectivity index (χ1v) is 6.23. The summed E-state index contributed by atoms with van der Waals surface area (Å²) in [4.78, 5) is 33.7. The maximum Gasteiger partial charge on any atom is 0.328 e. The Morgan fingerprint density at radius 2 is 1.65 bits per heavy atom. The van der Waals surface area contributed by atoms with Crippen molar-refractivity contribution in [2.24, 2.45) is 0 Å². The Morgan fingerprint density at radius 1 is 1.00 bits per heavy atom. The molecule has 0 aliphatic carbocycles. The molecule has 4 amide bonds. The monoisotopic (exact) mass is 310 g/mol. The number of hydrogen-bond donors (Lipinski definition) is 2. The summed E-state index contributed by atoms with van der Waals surface area (Å²) in [5, 5.41) is 4.90. The van der Waals surface area contributed by atoms with Crippen LogP contribution in [0, 0.1) is 0 Å². The fraction of sp³-hybridized carbons (Fsp3) is 0. The van der Waals surface area contributed by atoms with Crippen LogP contribution in [-0.4, -0.2) is 17.8 Å². The second kappa shape index (κ2) is 5.90. The average Bonchev–Trinajstić information content (AvgIpc) is 2.34. The summed E-state index contributed by atoms with van der Waals surface area (Å²) in [6.07, 6.45) is 4.39. The molecule has 0 unspecified atom stereocenters. The lowest BCUT2D eigenvalue weighted by Crippen LogP contribution is -2.51. The van der Waals surface area contributed by atoms with Crippen molar-refractivity contribution in [3.8, 4) is 0 Å². The van der Waals surface area contributed by atoms with Crippen LogP contribution >= 0.6 is 23.2 Å². The fourth-order valence-corrected chi connectivity index (χ4v) is 1.98. The summed E-state index contributed by atoms with van der Waals surface area (Å²) < 4.78 is 0. The van der Waals surface area contributed by atoms with Crippen LogP contribution in [0.15, 0.2) is 35.9 Å². The molecular weight excluding hydrogens is 303 g/mol. The predicted octanol–water partition coefficient (Wildman–Crippen LogP) is 2.30. The standard InChI is InChI=1S/C13H8Cl2N2O3/c14-8-5-4-7(10(15)6-8)2-1-3-9-11(18)16-13(20)17-12(9)19/h1-6H,(H2,16,17,18,19,20)/b2-1+. The highest BCUT2D eigenvalue weighted by molar-refractivity contribution is 6.35. The average molecular weight is 311 g/mol. The zero-order valence-electron chi connectivity index (χ0n) is 9.94. The number of hydrogen-bond acceptors (Lipinski definition) is 3. The van der Waals surface area contributed by atoms with Crippen molar-refractivity contribution >= 4 is 47.1 Å². The van der Waals surface area contributed by atoms with E-state index in [1.165, 1.54) is 12.2 Å². The third kappa shape index (κ3) is 3.26. The number of rotatable bonds is 2. The number of allylic oxidation sites excluding steroid dienone is 2. The third-order valence-corrected chi connectivity index (χ3v) is 3.01. The summed E-state index contributed by atoms with van der Waals surface area (Å²) >= 11 is 11.7. The van der Waals surface area contributed by atoms with E-state index in [1.54, 1.807) is 24.3 Å². The van der Waals surface area contributed by atoms with Gasteiger partial charge in [0.15, 0.2) is 0 Å². The quantitative estimate of drug-likeness (QED) is 0.650. The Kier molecular flexibility index (Phi) is 4.22. The molecule has 0 atom stereocenters. The molecule has 7 heteroatoms. The van der Waals surface area contributed by atoms with Crippen molar-refractivity contribution in [1.82, 2.24) is 10.6 Å². The maximum absolute atomic E-state index is 11.4. The summed E-state index contributed by atoms with van der Waals surface area (Å²) in [6.45, 7) is 0. The molecule has 1 heterocycles. The van der Waals surface area contributed by atoms with Crippen molar-refractivity contribution < 1.29 is 14.4 Å². The number of benzene rings is 1. The van der Waals surface area contributed by atoms with Gasteiger partial charge in [-0.2, -0.15) is 0 Å². The van der Waals surface area contributed by atoms with Crippen LogP contribution in [0.3, 0.4) is 0 Å². The SMILES string of the molecule is O=C1NC(=O)C(=C/C=C/c2ccc(Cl)cc2Cl)C(=O)N1. The maximum atomic E-state index is 11.4. The normalized spacial score (nSPS) is 15.3. The minimum Gasteiger partial charge on any atom is -0.273 e. The van der Waals surface area contributed by atoms with E-state index in [9.17, 15) is 14.4 Å². The van der Waals surface area contributed by atoms with Crippen LogP contribution in [0.25, 0.3) is 6.08 Å². The Morgan fingerprint density at radius 3 is 2.25 bits per heavy atom. The van der Waals surface area contributed by atoms with Crippen LogP contribution in [0.4, 0.5) is 4.79 Å². The van der Waals surface area contributed by atoms with E-state index in [4.69, 9.17) is 23.2 Å². The van der Waals surface area contributed by atoms with Gasteiger partial charge in [-0.1, -0.05) is 41.4 Å². The van der Waals surface area contributed by atoms with Gasteiger partial charge in [0.25, 0.3) is 11.8 Å². The third-order valence-electron chi connectivity index (χ3n) is 2.44. The Balaban J connectivity index is 2.19. The molecular formula is C13H8Cl2N2O3. The highest BCUT2D eigenvalue weighted by Crippen LogP contribution is 2.22. The minimum atomic E-state index is -0.832. The number of halogens is 2. The van der Waals surface area contributed by atoms with Crippen LogP contribution in [0.5, 0.6) is 0 Å². The van der Waals surface area contributed by atoms with Crippen molar-refractivity contribution in [3.63, 3.8) is 0 Å². The number of carbonyl (C=O) groups excluding carboxylic acids is 3. The van der Waals surface area contributed by atoms with Crippen molar-refractivity contribution in [2.45, 2.75) is 0 Å². The zero-order valence-corrected chi connectivity index (χ0v) is 11.5. The van der Waals surface area contributed by atoms with Gasteiger partial charge < -0.3 is 0 Å². The van der Waals surface area contributed by atoms with Crippen LogP contribution < -0.4 is 10.6 Å². The van der Waals surface area contributed by atoms with Gasteiger partial charge in [-0.15, -0.1) is 0 Å². The van der Waals surface area contributed by atoms with E-state index in [-0.39, 0.29) is 5.57 Å². The molecule has 1 aliphatic heterocycles. The molecule has 0 aromatic heterocycles. The van der Waals surface area contributed by atoms with E-state index in [1.807, 2.05) is 10.6 Å². The van der Waals surface area contributed by atoms with Gasteiger partial charge in [-0.25, -0.2) is 4.79 Å². The molecule has 1 saturated heterocycles. The fourth-order valence-electron chi connectivity index (χ4n) is 1.51. The lowest BCUT2D eigenvalue weighted by Gasteiger charge is -2.12. The number of barbiturate groups is 1. The second-order valence-electron chi connectivity index (χ2n) is 3.84. The van der Waals surface area contributed by atoms with Crippen LogP contribution in [0.2, 0.25) is 10.0 Å². The van der Waals surface area contributed by atoms with Gasteiger partial charge >= 0.3 is 6.03 Å². The highest BCUT2D eigenvalue weighted by atomic mass is 35.5. The molecule has 2 rings (SSSR count). The summed E-state index contributed by atoms with van der Waals surface area (Å²) in [5.74, 6) is -1.49. The number of nitrogens with one attached hydrogen (secondary N) is 2. The van der Waals surface area contributed by atoms with Gasteiger partial charge in [-0.3, -0.25) is 20.2 Å². The highest BCUT2D eigenvalue weighted by Gasteiger charge is 2.26. The Bertz CT molecular complexity index is 644. The zero-order chi connectivity index (χ0) is 14.7. The smallest absolute Gasteiger partial charge is 0.273 e. The van der Waals surface area contributed by atoms with Crippen molar-refractivity contribution in [1.29, 1.82) is 0 Å². The van der Waals surface area contributed by atoms with Gasteiger partial charge in [-0.05, 0) is 23.8 Å². The largest absolute Gasteiger partial charge is 0.328 e. The molecule has 5 nitrogen and oxygen atoms in total. The first kappa shape index (κ1) is 14.3. The Labute approximate surface area is 124 Å². The molecule has 0 bridgehead atoms. The van der Waals surface area contributed by atoms with E-state index >= 15 is 0 Å². The first-order valence-electron chi connectivity index (χ1n) is 5.47. The molecule has 1 aromatic rings. The summed E-state index contributed by atoms with van der Waals surface area (Å²) in [6, 6.07) is 4.11. The molecule has 20 heavy (non-hydrogen) atoms. The molecule has 0 radical (unpaired) electrons. The van der Waals surface area contributed by atoms with E-state index < -0.39 is 17.8 Å². The lowest BCUT2D eigenvalue weighted by molar-refractivity contribution is -0.124. The number of imide groups is 2. The summed E-state index contributed by atoms with van der Waals surface area (Å²) in [7, 11) is 0. The van der Waals surface area contributed by atoms with Gasteiger partial charge in [0, 0.05) is 10.0 Å². The minimum absolute atomic E-state index is 0.161. The molecule has 1 fully saturated rings. The Hall–Kier alpha value is -2.11. The van der Waals surface area contributed by atoms with Crippen LogP contribution in [-0.2, 0) is 9.59 Å². The molecule has 1 aromatic carbocycles. The van der Waals surface area contributed by atoms with Gasteiger partial charge in [0.2, 0.25) is 0 Å². The number of urea groups is 1. The van der Waals surface area contributed by atoms with Crippen molar-refractivity contribution in [2.75, 3.05) is 0 Å². The molecule has 102 valence electrons. The number of amides is 4. The molecule has 0 spiro atoms. The van der Waals surface area contributed by atoms with Gasteiger partial charge in [0.1, 0.15) is 5.57 Å². The van der Waals surface area contributed by atoms with Crippen molar-refractivity contribution in [3.05, 3.63) is 51.5 Å². The molecule has 1 aliphatic rings. The predicted molar refractivity (Wildman–Crippen MR) is 75.3 cm³/mol. The summed E-state index contributed by atoms with van der Waals surface area (Å²) in [5.41, 5.74) is 0.520. The second-order valence-corrected chi connectivity index (χ2v) is 4.69. The molecule has 2 N–H and O–H groups in total. The number of carbonyl (C=O) groups is 3. The van der Waals surface area contributed by atoms with Gasteiger partial charge in [0.05, 0.1) is 0 Å². The molecule has 0 saturated carbocycles. The lowest BCUT2D eigenvalue weighted by atomic mass is 10.1. The van der Waals surface area contributed by atoms with E-state index in [2.05, 4.69) is 0 Å². The van der Waals surface area contributed by atoms with Crippen LogP contribution in [0.1, 0.15) is 5.56 Å². The first-order chi connectivity index (χ1) is 9.47.